The van der Waals surface area contributed by atoms with E-state index in [4.69, 9.17) is 52.1 Å². The molecule has 0 heterocycles. The molecule has 0 aliphatic heterocycles. The summed E-state index contributed by atoms with van der Waals surface area (Å²) in [7, 11) is 0. The Morgan fingerprint density at radius 2 is 0.766 bits per heavy atom. The van der Waals surface area contributed by atoms with Crippen LogP contribution in [0.2, 0.25) is 0 Å². The standard InChI is InChI=1S/C44H56F5NO14/c45-38-39(46)41(48)43(42(49)40(38)47)64-37(51)9-11-53-13-15-55-17-19-57-21-23-59-25-27-61-29-30-62-28-26-60-24-22-58-20-18-56-16-14-54-12-10-50-44(52)63-31-36-34-7-3-1-5-32(34)33-6-2-4-8-35(33)36/h1-8,36H,9-31H2,(H,50,52). The minimum Gasteiger partial charge on any atom is -0.449 e. The van der Waals surface area contributed by atoms with Crippen molar-refractivity contribution in [3.8, 4) is 16.9 Å². The molecule has 4 rings (SSSR count). The van der Waals surface area contributed by atoms with Crippen LogP contribution < -0.4 is 10.1 Å². The number of carbonyl (C=O) groups is 2. The zero-order valence-corrected chi connectivity index (χ0v) is 35.6. The first-order chi connectivity index (χ1) is 31.3. The minimum absolute atomic E-state index is 0.0147. The van der Waals surface area contributed by atoms with Crippen LogP contribution in [0.15, 0.2) is 48.5 Å². The summed E-state index contributed by atoms with van der Waals surface area (Å²) < 4.78 is 131. The van der Waals surface area contributed by atoms with E-state index in [1.807, 2.05) is 24.3 Å². The van der Waals surface area contributed by atoms with Crippen LogP contribution >= 0.6 is 0 Å². The Morgan fingerprint density at radius 1 is 0.438 bits per heavy atom. The third kappa shape index (κ3) is 19.0. The molecule has 1 aliphatic rings. The number of carbonyl (C=O) groups excluding carboxylic acids is 2. The number of ether oxygens (including phenoxy) is 12. The number of rotatable bonds is 36. The predicted molar refractivity (Wildman–Crippen MR) is 218 cm³/mol. The van der Waals surface area contributed by atoms with E-state index in [0.717, 1.165) is 0 Å². The molecule has 1 aliphatic carbocycles. The molecular formula is C44H56F5NO14. The second-order valence-corrected chi connectivity index (χ2v) is 13.5. The molecule has 20 heteroatoms. The van der Waals surface area contributed by atoms with Gasteiger partial charge in [-0.1, -0.05) is 48.5 Å². The lowest BCUT2D eigenvalue weighted by Gasteiger charge is -2.14. The van der Waals surface area contributed by atoms with Gasteiger partial charge in [0, 0.05) is 12.5 Å². The van der Waals surface area contributed by atoms with Gasteiger partial charge >= 0.3 is 12.1 Å². The van der Waals surface area contributed by atoms with Crippen LogP contribution in [0, 0.1) is 29.1 Å². The molecule has 1 amide bonds. The Labute approximate surface area is 368 Å². The van der Waals surface area contributed by atoms with Crippen LogP contribution in [0.5, 0.6) is 5.75 Å². The van der Waals surface area contributed by atoms with E-state index < -0.39 is 53.3 Å². The van der Waals surface area contributed by atoms with Crippen molar-refractivity contribution in [1.82, 2.24) is 5.32 Å². The summed E-state index contributed by atoms with van der Waals surface area (Å²) >= 11 is 0. The van der Waals surface area contributed by atoms with Crippen molar-refractivity contribution in [3.63, 3.8) is 0 Å². The van der Waals surface area contributed by atoms with Crippen LogP contribution in [-0.2, 0) is 56.9 Å². The summed E-state index contributed by atoms with van der Waals surface area (Å²) in [5.74, 6) is -14.2. The summed E-state index contributed by atoms with van der Waals surface area (Å²) in [6.45, 7) is 7.19. The maximum Gasteiger partial charge on any atom is 0.407 e. The highest BCUT2D eigenvalue weighted by molar-refractivity contribution is 5.79. The van der Waals surface area contributed by atoms with Crippen LogP contribution in [-0.4, -0.2) is 157 Å². The quantitative estimate of drug-likeness (QED) is 0.0198. The lowest BCUT2D eigenvalue weighted by molar-refractivity contribution is -0.136. The zero-order chi connectivity index (χ0) is 45.6. The highest BCUT2D eigenvalue weighted by Gasteiger charge is 2.30. The minimum atomic E-state index is -2.35. The van der Waals surface area contributed by atoms with Crippen LogP contribution in [0.1, 0.15) is 23.5 Å². The number of hydrogen-bond donors (Lipinski definition) is 1. The Balaban J connectivity index is 0.790. The lowest BCUT2D eigenvalue weighted by Crippen LogP contribution is -2.29. The molecule has 0 bridgehead atoms. The van der Waals surface area contributed by atoms with Crippen LogP contribution in [0.25, 0.3) is 11.1 Å². The average molecular weight is 918 g/mol. The molecule has 0 aromatic heterocycles. The topological polar surface area (TPSA) is 157 Å². The maximum atomic E-state index is 13.6. The first kappa shape index (κ1) is 52.3. The summed E-state index contributed by atoms with van der Waals surface area (Å²) in [6.07, 6.45) is -0.969. The SMILES string of the molecule is O=C(CCOCCOCCOCCOCCOCCOCCOCCOCCOCCOCCNC(=O)OCC1c2ccccc2-c2ccccc21)Oc1c(F)c(F)c(F)c(F)c1F. The number of hydrogen-bond acceptors (Lipinski definition) is 14. The van der Waals surface area contributed by atoms with Crippen molar-refractivity contribution in [2.24, 2.45) is 0 Å². The van der Waals surface area contributed by atoms with Gasteiger partial charge in [-0.05, 0) is 22.3 Å². The van der Waals surface area contributed by atoms with Gasteiger partial charge in [0.15, 0.2) is 0 Å². The second kappa shape index (κ2) is 31.5. The molecule has 356 valence electrons. The van der Waals surface area contributed by atoms with Gasteiger partial charge in [-0.15, -0.1) is 0 Å². The van der Waals surface area contributed by atoms with E-state index in [9.17, 15) is 31.5 Å². The average Bonchev–Trinajstić information content (AvgIpc) is 3.63. The second-order valence-electron chi connectivity index (χ2n) is 13.5. The summed E-state index contributed by atoms with van der Waals surface area (Å²) in [5, 5.41) is 2.72. The van der Waals surface area contributed by atoms with Gasteiger partial charge in [-0.25, -0.2) is 18.0 Å². The Kier molecular flexibility index (Phi) is 25.7. The number of amides is 1. The maximum absolute atomic E-state index is 13.6. The summed E-state index contributed by atoms with van der Waals surface area (Å²) in [6, 6.07) is 16.4. The Bertz CT molecular complexity index is 1740. The molecule has 0 fully saturated rings. The van der Waals surface area contributed by atoms with E-state index in [1.165, 1.54) is 22.3 Å². The molecule has 15 nitrogen and oxygen atoms in total. The van der Waals surface area contributed by atoms with Crippen molar-refractivity contribution < 1.29 is 88.4 Å². The van der Waals surface area contributed by atoms with Crippen LogP contribution in [0.3, 0.4) is 0 Å². The molecule has 3 aromatic carbocycles. The first-order valence-corrected chi connectivity index (χ1v) is 20.9. The number of halogens is 5. The van der Waals surface area contributed by atoms with Gasteiger partial charge in [-0.2, -0.15) is 8.78 Å². The summed E-state index contributed by atoms with van der Waals surface area (Å²) in [4.78, 5) is 23.9. The van der Waals surface area contributed by atoms with Crippen LogP contribution in [0.4, 0.5) is 26.7 Å². The molecule has 0 atom stereocenters. The van der Waals surface area contributed by atoms with E-state index in [0.29, 0.717) is 112 Å². The molecule has 1 N–H and O–H groups in total. The zero-order valence-electron chi connectivity index (χ0n) is 35.6. The molecule has 0 unspecified atom stereocenters. The third-order valence-electron chi connectivity index (χ3n) is 9.04. The molecule has 0 saturated heterocycles. The highest BCUT2D eigenvalue weighted by atomic mass is 19.2. The molecule has 64 heavy (non-hydrogen) atoms. The van der Waals surface area contributed by atoms with E-state index in [1.54, 1.807) is 0 Å². The fourth-order valence-corrected chi connectivity index (χ4v) is 5.95. The number of esters is 1. The van der Waals surface area contributed by atoms with Crippen molar-refractivity contribution in [3.05, 3.63) is 88.7 Å². The summed E-state index contributed by atoms with van der Waals surface area (Å²) in [5.41, 5.74) is 4.70. The van der Waals surface area contributed by atoms with Gasteiger partial charge in [0.25, 0.3) is 0 Å². The molecular weight excluding hydrogens is 861 g/mol. The monoisotopic (exact) mass is 917 g/mol. The van der Waals surface area contributed by atoms with Gasteiger partial charge in [0.05, 0.1) is 139 Å². The fraction of sp³-hybridized carbons (Fsp3) is 0.545. The largest absolute Gasteiger partial charge is 0.449 e. The Morgan fingerprint density at radius 3 is 1.16 bits per heavy atom. The van der Waals surface area contributed by atoms with Gasteiger partial charge in [0.2, 0.25) is 34.8 Å². The molecule has 0 spiro atoms. The van der Waals surface area contributed by atoms with Crippen molar-refractivity contribution in [2.45, 2.75) is 12.3 Å². The van der Waals surface area contributed by atoms with Crippen molar-refractivity contribution >= 4 is 12.1 Å². The smallest absolute Gasteiger partial charge is 0.407 e. The Hall–Kier alpha value is -4.35. The molecule has 0 saturated carbocycles. The fourth-order valence-electron chi connectivity index (χ4n) is 5.95. The first-order valence-electron chi connectivity index (χ1n) is 20.9. The molecule has 0 radical (unpaired) electrons. The number of benzene rings is 3. The third-order valence-corrected chi connectivity index (χ3v) is 9.04. The van der Waals surface area contributed by atoms with Gasteiger partial charge in [0.1, 0.15) is 6.61 Å². The van der Waals surface area contributed by atoms with Gasteiger partial charge < -0.3 is 62.2 Å². The van der Waals surface area contributed by atoms with E-state index in [-0.39, 0.29) is 39.0 Å². The normalized spacial score (nSPS) is 12.1. The van der Waals surface area contributed by atoms with Crippen molar-refractivity contribution in [2.75, 3.05) is 145 Å². The van der Waals surface area contributed by atoms with Crippen molar-refractivity contribution in [1.29, 1.82) is 0 Å². The lowest BCUT2D eigenvalue weighted by atomic mass is 9.98. The molecule has 3 aromatic rings. The highest BCUT2D eigenvalue weighted by Crippen LogP contribution is 2.44. The number of fused-ring (bicyclic) bond motifs is 3. The number of alkyl carbamates (subject to hydrolysis) is 1. The van der Waals surface area contributed by atoms with Gasteiger partial charge in [-0.3, -0.25) is 4.79 Å². The predicted octanol–water partition coefficient (Wildman–Crippen LogP) is 5.38. The van der Waals surface area contributed by atoms with E-state index >= 15 is 0 Å². The number of nitrogens with one attached hydrogen (secondary N) is 1. The van der Waals surface area contributed by atoms with E-state index in [2.05, 4.69) is 34.3 Å².